The molecule has 0 unspecified atom stereocenters. The highest BCUT2D eigenvalue weighted by molar-refractivity contribution is 5.74. The summed E-state index contributed by atoms with van der Waals surface area (Å²) < 4.78 is 6.22. The normalized spacial score (nSPS) is 17.9. The second-order valence-corrected chi connectivity index (χ2v) is 4.27. The summed E-state index contributed by atoms with van der Waals surface area (Å²) in [5.74, 6) is 0.725. The van der Waals surface area contributed by atoms with Gasteiger partial charge in [0.2, 0.25) is 0 Å². The number of methoxy groups -OCH3 is 1. The van der Waals surface area contributed by atoms with Crippen molar-refractivity contribution in [2.75, 3.05) is 12.8 Å². The van der Waals surface area contributed by atoms with E-state index in [0.29, 0.717) is 11.7 Å². The lowest BCUT2D eigenvalue weighted by Gasteiger charge is -2.23. The van der Waals surface area contributed by atoms with Gasteiger partial charge in [0.05, 0.1) is 12.8 Å². The fraction of sp³-hybridized carbons (Fsp3) is 0.636. The molecule has 0 amide bonds. The lowest BCUT2D eigenvalue weighted by atomic mass is 9.83. The van der Waals surface area contributed by atoms with Gasteiger partial charge in [-0.15, -0.1) is 0 Å². The number of anilines is 1. The number of nitrogen functional groups attached to an aromatic ring is 1. The number of hydrogen-bond donors (Lipinski definition) is 1. The third kappa shape index (κ3) is 1.77. The zero-order valence-corrected chi connectivity index (χ0v) is 9.64. The van der Waals surface area contributed by atoms with Crippen molar-refractivity contribution in [2.45, 2.75) is 38.1 Å². The summed E-state index contributed by atoms with van der Waals surface area (Å²) in [5.41, 5.74) is 6.84. The van der Waals surface area contributed by atoms with Gasteiger partial charge in [-0.2, -0.15) is 5.10 Å². The van der Waals surface area contributed by atoms with Gasteiger partial charge >= 0.3 is 5.97 Å². The van der Waals surface area contributed by atoms with Crippen molar-refractivity contribution < 1.29 is 9.53 Å². The Bertz CT molecular complexity index is 396. The lowest BCUT2D eigenvalue weighted by molar-refractivity contribution is -0.144. The smallest absolute Gasteiger partial charge is 0.330 e. The van der Waals surface area contributed by atoms with E-state index < -0.39 is 6.04 Å². The maximum Gasteiger partial charge on any atom is 0.330 e. The lowest BCUT2D eigenvalue weighted by Crippen LogP contribution is -2.21. The number of esters is 1. The molecule has 1 aromatic rings. The minimum absolute atomic E-state index is 0.324. The number of hydrogen-bond acceptors (Lipinski definition) is 4. The van der Waals surface area contributed by atoms with Crippen LogP contribution in [0.4, 0.5) is 5.82 Å². The fourth-order valence-electron chi connectivity index (χ4n) is 1.91. The molecule has 5 nitrogen and oxygen atoms in total. The molecule has 1 atom stereocenters. The van der Waals surface area contributed by atoms with Crippen LogP contribution in [-0.4, -0.2) is 22.9 Å². The Hall–Kier alpha value is -1.52. The van der Waals surface area contributed by atoms with Crippen molar-refractivity contribution in [1.82, 2.24) is 9.78 Å². The van der Waals surface area contributed by atoms with Crippen LogP contribution in [0.25, 0.3) is 0 Å². The summed E-state index contributed by atoms with van der Waals surface area (Å²) in [6.45, 7) is 1.74. The van der Waals surface area contributed by atoms with Crippen LogP contribution in [0.2, 0.25) is 0 Å². The quantitative estimate of drug-likeness (QED) is 0.788. The van der Waals surface area contributed by atoms with Crippen LogP contribution in [0.5, 0.6) is 0 Å². The van der Waals surface area contributed by atoms with Crippen LogP contribution in [0.1, 0.15) is 43.8 Å². The molecule has 0 aromatic carbocycles. The molecule has 1 aliphatic rings. The molecule has 0 spiro atoms. The summed E-state index contributed by atoms with van der Waals surface area (Å²) in [4.78, 5) is 11.4. The van der Waals surface area contributed by atoms with Crippen molar-refractivity contribution >= 4 is 11.8 Å². The summed E-state index contributed by atoms with van der Waals surface area (Å²) in [5, 5.41) is 4.39. The molecule has 16 heavy (non-hydrogen) atoms. The van der Waals surface area contributed by atoms with Gasteiger partial charge < -0.3 is 10.5 Å². The van der Waals surface area contributed by atoms with E-state index in [1.54, 1.807) is 11.6 Å². The molecule has 0 radical (unpaired) electrons. The summed E-state index contributed by atoms with van der Waals surface area (Å²) >= 11 is 0. The number of nitrogens with zero attached hydrogens (tertiary/aromatic N) is 2. The van der Waals surface area contributed by atoms with Crippen molar-refractivity contribution in [3.8, 4) is 0 Å². The molecule has 1 aliphatic carbocycles. The van der Waals surface area contributed by atoms with Crippen molar-refractivity contribution in [2.24, 2.45) is 0 Å². The summed E-state index contributed by atoms with van der Waals surface area (Å²) in [6, 6.07) is 1.40. The number of rotatable bonds is 3. The van der Waals surface area contributed by atoms with Gasteiger partial charge in [-0.3, -0.25) is 0 Å². The molecule has 1 fully saturated rings. The van der Waals surface area contributed by atoms with Crippen LogP contribution in [0, 0.1) is 0 Å². The van der Waals surface area contributed by atoms with Gasteiger partial charge in [0, 0.05) is 12.0 Å². The van der Waals surface area contributed by atoms with E-state index in [1.165, 1.54) is 26.4 Å². The topological polar surface area (TPSA) is 70.1 Å². The van der Waals surface area contributed by atoms with Crippen molar-refractivity contribution in [3.63, 3.8) is 0 Å². The van der Waals surface area contributed by atoms with E-state index in [9.17, 15) is 4.79 Å². The number of nitrogens with two attached hydrogens (primary N) is 1. The first kappa shape index (κ1) is 11.0. The standard InChI is InChI=1S/C11H17N3O2/c1-7(11(15)16-2)14-10(12)6-9(13-14)8-4-3-5-8/h6-8H,3-5,12H2,1-2H3/t7-/m0/s1. The van der Waals surface area contributed by atoms with E-state index in [0.717, 1.165) is 5.69 Å². The predicted molar refractivity (Wildman–Crippen MR) is 60.0 cm³/mol. The Morgan fingerprint density at radius 2 is 2.38 bits per heavy atom. The second-order valence-electron chi connectivity index (χ2n) is 4.27. The molecule has 2 rings (SSSR count). The molecular formula is C11H17N3O2. The van der Waals surface area contributed by atoms with Gasteiger partial charge in [0.15, 0.2) is 0 Å². The van der Waals surface area contributed by atoms with Crippen LogP contribution < -0.4 is 5.73 Å². The van der Waals surface area contributed by atoms with E-state index in [1.807, 2.05) is 6.07 Å². The van der Waals surface area contributed by atoms with Gasteiger partial charge in [-0.1, -0.05) is 6.42 Å². The second kappa shape index (κ2) is 4.15. The summed E-state index contributed by atoms with van der Waals surface area (Å²) in [7, 11) is 1.37. The first-order valence-electron chi connectivity index (χ1n) is 5.56. The van der Waals surface area contributed by atoms with Gasteiger partial charge in [0.1, 0.15) is 11.9 Å². The summed E-state index contributed by atoms with van der Waals surface area (Å²) in [6.07, 6.45) is 3.59. The van der Waals surface area contributed by atoms with Gasteiger partial charge in [-0.05, 0) is 19.8 Å². The van der Waals surface area contributed by atoms with Crippen LogP contribution in [0.15, 0.2) is 6.07 Å². The predicted octanol–water partition coefficient (Wildman–Crippen LogP) is 1.47. The fourth-order valence-corrected chi connectivity index (χ4v) is 1.91. The molecule has 88 valence electrons. The molecule has 1 saturated carbocycles. The zero-order valence-electron chi connectivity index (χ0n) is 9.64. The maximum atomic E-state index is 11.4. The maximum absolute atomic E-state index is 11.4. The van der Waals surface area contributed by atoms with Crippen molar-refractivity contribution in [1.29, 1.82) is 0 Å². The van der Waals surface area contributed by atoms with E-state index in [2.05, 4.69) is 9.84 Å². The first-order valence-corrected chi connectivity index (χ1v) is 5.56. The Morgan fingerprint density at radius 3 is 2.88 bits per heavy atom. The van der Waals surface area contributed by atoms with E-state index in [-0.39, 0.29) is 5.97 Å². The van der Waals surface area contributed by atoms with Crippen LogP contribution >= 0.6 is 0 Å². The Labute approximate surface area is 94.6 Å². The van der Waals surface area contributed by atoms with E-state index in [4.69, 9.17) is 5.73 Å². The SMILES string of the molecule is COC(=O)[C@H](C)n1nc(C2CCC2)cc1N. The molecular weight excluding hydrogens is 206 g/mol. The molecule has 1 heterocycles. The third-order valence-corrected chi connectivity index (χ3v) is 3.22. The Kier molecular flexibility index (Phi) is 2.85. The third-order valence-electron chi connectivity index (χ3n) is 3.22. The highest BCUT2D eigenvalue weighted by atomic mass is 16.5. The number of aromatic nitrogens is 2. The van der Waals surface area contributed by atoms with Crippen molar-refractivity contribution in [3.05, 3.63) is 11.8 Å². The molecule has 1 aromatic heterocycles. The van der Waals surface area contributed by atoms with E-state index >= 15 is 0 Å². The first-order chi connectivity index (χ1) is 7.63. The van der Waals surface area contributed by atoms with Gasteiger partial charge in [-0.25, -0.2) is 9.48 Å². The molecule has 5 heteroatoms. The largest absolute Gasteiger partial charge is 0.467 e. The molecule has 0 bridgehead atoms. The van der Waals surface area contributed by atoms with Crippen LogP contribution in [0.3, 0.4) is 0 Å². The Morgan fingerprint density at radius 1 is 1.69 bits per heavy atom. The molecule has 0 saturated heterocycles. The average Bonchev–Trinajstić information content (AvgIpc) is 2.55. The number of carbonyl (C=O) groups excluding carboxylic acids is 1. The minimum Gasteiger partial charge on any atom is -0.467 e. The molecule has 2 N–H and O–H groups in total. The highest BCUT2D eigenvalue weighted by Gasteiger charge is 2.25. The average molecular weight is 223 g/mol. The Balaban J connectivity index is 2.20. The number of ether oxygens (including phenoxy) is 1. The van der Waals surface area contributed by atoms with Gasteiger partial charge in [0.25, 0.3) is 0 Å². The number of carbonyl (C=O) groups is 1. The molecule has 0 aliphatic heterocycles. The van der Waals surface area contributed by atoms with Crippen LogP contribution in [-0.2, 0) is 9.53 Å². The zero-order chi connectivity index (χ0) is 11.7. The minimum atomic E-state index is -0.459. The highest BCUT2D eigenvalue weighted by Crippen LogP contribution is 2.36. The monoisotopic (exact) mass is 223 g/mol.